The zero-order valence-electron chi connectivity index (χ0n) is 25.4. The summed E-state index contributed by atoms with van der Waals surface area (Å²) in [6.07, 6.45) is 5.02. The summed E-state index contributed by atoms with van der Waals surface area (Å²) in [6, 6.07) is 14.9. The predicted octanol–water partition coefficient (Wildman–Crippen LogP) is 5.80. The maximum Gasteiger partial charge on any atom is 0.247 e. The van der Waals surface area contributed by atoms with E-state index < -0.39 is 0 Å². The number of anilines is 2. The zero-order chi connectivity index (χ0) is 30.2. The lowest BCUT2D eigenvalue weighted by atomic mass is 9.95. The van der Waals surface area contributed by atoms with E-state index in [-0.39, 0.29) is 5.91 Å². The summed E-state index contributed by atoms with van der Waals surface area (Å²) in [5.41, 5.74) is 10.3. The summed E-state index contributed by atoms with van der Waals surface area (Å²) in [7, 11) is 5.73. The number of carbonyl (C=O) groups is 1. The summed E-state index contributed by atoms with van der Waals surface area (Å²) in [6.45, 7) is 11.7. The lowest BCUT2D eigenvalue weighted by Gasteiger charge is -2.34. The van der Waals surface area contributed by atoms with E-state index in [1.54, 1.807) is 7.11 Å². The van der Waals surface area contributed by atoms with Gasteiger partial charge in [0.2, 0.25) is 5.91 Å². The number of hydrogen-bond donors (Lipinski definition) is 2. The number of likely N-dealkylation sites (N-methyl/N-ethyl adjacent to an activating group) is 1. The highest BCUT2D eigenvalue weighted by Gasteiger charge is 2.24. The summed E-state index contributed by atoms with van der Waals surface area (Å²) in [5.74, 6) is 0.280. The van der Waals surface area contributed by atoms with Crippen LogP contribution in [0.25, 0.3) is 44.5 Å². The molecule has 220 valence electrons. The zero-order valence-corrected chi connectivity index (χ0v) is 25.4. The fourth-order valence-corrected chi connectivity index (χ4v) is 5.82. The highest BCUT2D eigenvalue weighted by molar-refractivity contribution is 6.08. The second kappa shape index (κ2) is 11.4. The number of nitrogens with one attached hydrogen (secondary N) is 2. The lowest BCUT2D eigenvalue weighted by molar-refractivity contribution is -0.111. The number of benzene rings is 2. The lowest BCUT2D eigenvalue weighted by Crippen LogP contribution is -2.44. The molecule has 0 atom stereocenters. The molecule has 9 nitrogen and oxygen atoms in total. The van der Waals surface area contributed by atoms with Crippen molar-refractivity contribution in [3.05, 3.63) is 78.8 Å². The van der Waals surface area contributed by atoms with E-state index >= 15 is 0 Å². The first kappa shape index (κ1) is 28.2. The van der Waals surface area contributed by atoms with Crippen molar-refractivity contribution < 1.29 is 9.53 Å². The molecule has 3 aromatic heterocycles. The molecule has 0 spiro atoms. The van der Waals surface area contributed by atoms with Crippen LogP contribution in [-0.4, -0.2) is 70.9 Å². The van der Waals surface area contributed by atoms with Gasteiger partial charge in [0.15, 0.2) is 5.75 Å². The number of aromatic nitrogens is 4. The smallest absolute Gasteiger partial charge is 0.247 e. The van der Waals surface area contributed by atoms with Crippen molar-refractivity contribution in [2.75, 3.05) is 50.6 Å². The maximum atomic E-state index is 12.4. The molecule has 1 aliphatic rings. The molecule has 0 saturated carbocycles. The Morgan fingerprint density at radius 2 is 1.74 bits per heavy atom. The molecule has 0 aliphatic carbocycles. The number of amides is 1. The van der Waals surface area contributed by atoms with E-state index in [2.05, 4.69) is 76.1 Å². The quantitative estimate of drug-likeness (QED) is 0.239. The second-order valence-corrected chi connectivity index (χ2v) is 11.1. The van der Waals surface area contributed by atoms with Gasteiger partial charge in [-0.1, -0.05) is 30.8 Å². The molecule has 2 N–H and O–H groups in total. The third kappa shape index (κ3) is 5.17. The summed E-state index contributed by atoms with van der Waals surface area (Å²) < 4.78 is 7.87. The van der Waals surface area contributed by atoms with Crippen molar-refractivity contribution in [3.8, 4) is 39.3 Å². The number of rotatable bonds is 7. The van der Waals surface area contributed by atoms with Crippen LogP contribution in [0.2, 0.25) is 0 Å². The number of ether oxygens (including phenoxy) is 1. The summed E-state index contributed by atoms with van der Waals surface area (Å²) in [4.78, 5) is 25.7. The molecule has 0 bridgehead atoms. The number of aryl methyl sites for hydroxylation is 2. The van der Waals surface area contributed by atoms with Gasteiger partial charge in [-0.2, -0.15) is 5.10 Å². The van der Waals surface area contributed by atoms with E-state index in [1.165, 1.54) is 11.8 Å². The van der Waals surface area contributed by atoms with Gasteiger partial charge in [0.25, 0.3) is 0 Å². The molecule has 0 radical (unpaired) electrons. The molecule has 1 saturated heterocycles. The van der Waals surface area contributed by atoms with E-state index in [4.69, 9.17) is 9.72 Å². The Labute approximate surface area is 251 Å². The van der Waals surface area contributed by atoms with Crippen LogP contribution in [0, 0.1) is 13.8 Å². The molecule has 43 heavy (non-hydrogen) atoms. The van der Waals surface area contributed by atoms with Crippen molar-refractivity contribution >= 4 is 28.3 Å². The van der Waals surface area contributed by atoms with Crippen molar-refractivity contribution in [2.45, 2.75) is 13.8 Å². The molecule has 9 heteroatoms. The monoisotopic (exact) mass is 575 g/mol. The van der Waals surface area contributed by atoms with Crippen LogP contribution >= 0.6 is 0 Å². The van der Waals surface area contributed by atoms with Gasteiger partial charge in [0.1, 0.15) is 5.65 Å². The molecule has 1 fully saturated rings. The largest absolute Gasteiger partial charge is 0.494 e. The van der Waals surface area contributed by atoms with Crippen molar-refractivity contribution in [2.24, 2.45) is 7.05 Å². The predicted molar refractivity (Wildman–Crippen MR) is 174 cm³/mol. The van der Waals surface area contributed by atoms with Gasteiger partial charge in [0, 0.05) is 78.4 Å². The topological polar surface area (TPSA) is 91.3 Å². The number of methoxy groups -OCH3 is 1. The Hall–Kier alpha value is -4.89. The van der Waals surface area contributed by atoms with Crippen LogP contribution in [0.4, 0.5) is 11.4 Å². The number of pyridine rings is 1. The van der Waals surface area contributed by atoms with Crippen molar-refractivity contribution in [1.82, 2.24) is 24.6 Å². The SMILES string of the molecule is C=CC(=O)Nc1c(C)ccc(-c2c(-c3ccc(N4CCN(C)CC4)cc3)[nH]c3ncc(-c4cnn(C)c4C)cc23)c1OC. The minimum Gasteiger partial charge on any atom is -0.494 e. The number of aromatic amines is 1. The standard InChI is InChI=1S/C34H37N7O2/c1-7-29(42)37-31-21(2)8-13-26(33(31)43-6)30-27-18-24(28-20-36-40(5)22(28)3)19-35-34(27)38-32(30)23-9-11-25(12-10-23)41-16-14-39(4)15-17-41/h7-13,18-20H,1,14-17H2,2-6H3,(H,35,38)(H,37,42). The normalized spacial score (nSPS) is 13.8. The van der Waals surface area contributed by atoms with E-state index in [1.807, 2.05) is 43.2 Å². The molecule has 5 aromatic rings. The average Bonchev–Trinajstić information content (AvgIpc) is 3.57. The van der Waals surface area contributed by atoms with Gasteiger partial charge in [-0.05, 0) is 56.3 Å². The minimum atomic E-state index is -0.298. The summed E-state index contributed by atoms with van der Waals surface area (Å²) >= 11 is 0. The van der Waals surface area contributed by atoms with Crippen molar-refractivity contribution in [3.63, 3.8) is 0 Å². The van der Waals surface area contributed by atoms with Crippen LogP contribution in [0.5, 0.6) is 5.75 Å². The van der Waals surface area contributed by atoms with Gasteiger partial charge in [-0.15, -0.1) is 0 Å². The third-order valence-electron chi connectivity index (χ3n) is 8.49. The number of hydrogen-bond acceptors (Lipinski definition) is 6. The first-order chi connectivity index (χ1) is 20.8. The molecule has 2 aromatic carbocycles. The number of piperazine rings is 1. The Morgan fingerprint density at radius 3 is 2.40 bits per heavy atom. The third-order valence-corrected chi connectivity index (χ3v) is 8.49. The second-order valence-electron chi connectivity index (χ2n) is 11.1. The molecule has 6 rings (SSSR count). The van der Waals surface area contributed by atoms with Crippen LogP contribution < -0.4 is 15.0 Å². The molecular weight excluding hydrogens is 538 g/mol. The van der Waals surface area contributed by atoms with Crippen LogP contribution in [-0.2, 0) is 11.8 Å². The number of fused-ring (bicyclic) bond motifs is 1. The van der Waals surface area contributed by atoms with Crippen molar-refractivity contribution in [1.29, 1.82) is 0 Å². The van der Waals surface area contributed by atoms with Crippen LogP contribution in [0.1, 0.15) is 11.3 Å². The van der Waals surface area contributed by atoms with Gasteiger partial charge >= 0.3 is 0 Å². The van der Waals surface area contributed by atoms with E-state index in [0.717, 1.165) is 82.0 Å². The van der Waals surface area contributed by atoms with Gasteiger partial charge in [-0.25, -0.2) is 4.98 Å². The fourth-order valence-electron chi connectivity index (χ4n) is 5.82. The average molecular weight is 576 g/mol. The van der Waals surface area contributed by atoms with E-state index in [0.29, 0.717) is 11.4 Å². The number of nitrogens with zero attached hydrogens (tertiary/aromatic N) is 5. The molecule has 1 aliphatic heterocycles. The molecular formula is C34H37N7O2. The Bertz CT molecular complexity index is 1830. The first-order valence-corrected chi connectivity index (χ1v) is 14.4. The van der Waals surface area contributed by atoms with Crippen LogP contribution in [0.15, 0.2) is 67.5 Å². The maximum absolute atomic E-state index is 12.4. The first-order valence-electron chi connectivity index (χ1n) is 14.4. The fraction of sp³-hybridized carbons (Fsp3) is 0.265. The molecule has 4 heterocycles. The Kier molecular flexibility index (Phi) is 7.50. The highest BCUT2D eigenvalue weighted by atomic mass is 16.5. The number of carbonyl (C=O) groups excluding carboxylic acids is 1. The van der Waals surface area contributed by atoms with Gasteiger partial charge < -0.3 is 24.8 Å². The Balaban J connectivity index is 1.55. The highest BCUT2D eigenvalue weighted by Crippen LogP contribution is 2.46. The Morgan fingerprint density at radius 1 is 1.00 bits per heavy atom. The van der Waals surface area contributed by atoms with Gasteiger partial charge in [-0.3, -0.25) is 9.48 Å². The van der Waals surface area contributed by atoms with Gasteiger partial charge in [0.05, 0.1) is 24.7 Å². The summed E-state index contributed by atoms with van der Waals surface area (Å²) in [5, 5.41) is 8.35. The van der Waals surface area contributed by atoms with E-state index in [9.17, 15) is 4.79 Å². The number of H-pyrrole nitrogens is 1. The molecule has 1 amide bonds. The molecule has 0 unspecified atom stereocenters. The van der Waals surface area contributed by atoms with Crippen LogP contribution in [0.3, 0.4) is 0 Å². The minimum absolute atomic E-state index is 0.298.